The Hall–Kier alpha value is -14.4. The molecular formula is C106H60O3. The van der Waals surface area contributed by atoms with E-state index in [9.17, 15) is 0 Å². The van der Waals surface area contributed by atoms with Gasteiger partial charge >= 0.3 is 0 Å². The van der Waals surface area contributed by atoms with Gasteiger partial charge in [-0.15, -0.1) is 0 Å². The quantitative estimate of drug-likeness (QED) is 0.118. The molecule has 0 fully saturated rings. The Kier molecular flexibility index (Phi) is 12.7. The third-order valence-electron chi connectivity index (χ3n) is 23.7. The number of rotatable bonds is 7. The summed E-state index contributed by atoms with van der Waals surface area (Å²) in [6.07, 6.45) is 0. The topological polar surface area (TPSA) is 39.4 Å². The molecule has 0 spiro atoms. The summed E-state index contributed by atoms with van der Waals surface area (Å²) >= 11 is 0. The van der Waals surface area contributed by atoms with Gasteiger partial charge in [0.2, 0.25) is 0 Å². The monoisotopic (exact) mass is 1380 g/mol. The Balaban J connectivity index is 0.662. The number of benzene rings is 21. The average molecular weight is 1380 g/mol. The standard InChI is InChI=1S/C106H60O3/c1-5-24-75-61(18-1)38-44-73-55-69-21-4-6-25-76(69)100(101(73)75)65-41-39-64(40-42-65)97-84-32-13-14-33-85(84)102(87-35-17-37-95-104(87)89-52-47-63-20-3-8-27-79(63)106(89)109-95)92-58-66(48-50-86(92)97)67-49-53-93-90(57-67)91-59-74-56-72(45-43-68(74)60-96(91)107-93)99-82-30-11-9-28-80(82)98(81-29-10-12-31-83(81)99)71-23-15-22-70(54-71)77-34-16-36-94-103(77)88-51-46-62-19-2-7-26-78(62)105(88)108-94/h1-60H. The van der Waals surface area contributed by atoms with Gasteiger partial charge in [0, 0.05) is 43.1 Å². The molecule has 0 radical (unpaired) electrons. The summed E-state index contributed by atoms with van der Waals surface area (Å²) in [5.74, 6) is 0. The van der Waals surface area contributed by atoms with Gasteiger partial charge in [0.25, 0.3) is 0 Å². The van der Waals surface area contributed by atoms with Crippen molar-refractivity contribution in [3.05, 3.63) is 364 Å². The van der Waals surface area contributed by atoms with Crippen LogP contribution in [0.15, 0.2) is 377 Å². The predicted octanol–water partition coefficient (Wildman–Crippen LogP) is 30.6. The van der Waals surface area contributed by atoms with Crippen molar-refractivity contribution in [2.24, 2.45) is 0 Å². The molecule has 3 heteroatoms. The Bertz CT molecular complexity index is 8040. The first-order valence-electron chi connectivity index (χ1n) is 37.6. The van der Waals surface area contributed by atoms with E-state index in [1.165, 1.54) is 109 Å². The highest BCUT2D eigenvalue weighted by atomic mass is 16.3. The molecule has 0 aliphatic heterocycles. The lowest BCUT2D eigenvalue weighted by molar-refractivity contribution is 0.669. The molecule has 0 N–H and O–H groups in total. The Morgan fingerprint density at radius 3 is 1.20 bits per heavy atom. The first-order valence-corrected chi connectivity index (χ1v) is 37.6. The summed E-state index contributed by atoms with van der Waals surface area (Å²) < 4.78 is 20.5. The summed E-state index contributed by atoms with van der Waals surface area (Å²) in [7, 11) is 0. The second kappa shape index (κ2) is 23.1. The SMILES string of the molecule is c1cc(-c2c3ccccc3c(-c3ccc4cc5oc6ccc(-c7ccc8c(-c9ccc(-c%10c%11ccccc%11cc%11ccc%12ccccc%12c%10%11)cc9)c9ccccc9c(-c9cccc%10oc%11c%12ccccc%12ccc%11c9%10)c8c7)cc6c5cc4c3)c3ccccc23)cc(-c2cccc3oc4c5ccccc5ccc4c23)c1. The highest BCUT2D eigenvalue weighted by Crippen LogP contribution is 2.52. The van der Waals surface area contributed by atoms with E-state index in [0.29, 0.717) is 0 Å². The van der Waals surface area contributed by atoms with E-state index in [4.69, 9.17) is 13.3 Å². The van der Waals surface area contributed by atoms with Crippen LogP contribution < -0.4 is 0 Å². The number of furan rings is 3. The van der Waals surface area contributed by atoms with E-state index >= 15 is 0 Å². The fourth-order valence-corrected chi connectivity index (χ4v) is 18.9. The molecule has 0 bridgehead atoms. The molecule has 24 rings (SSSR count). The van der Waals surface area contributed by atoms with E-state index in [0.717, 1.165) is 143 Å². The number of fused-ring (bicyclic) bond motifs is 22. The van der Waals surface area contributed by atoms with Gasteiger partial charge in [-0.3, -0.25) is 0 Å². The molecule has 0 amide bonds. The lowest BCUT2D eigenvalue weighted by Gasteiger charge is -2.20. The normalized spacial score (nSPS) is 12.2. The van der Waals surface area contributed by atoms with Gasteiger partial charge in [-0.25, -0.2) is 0 Å². The maximum absolute atomic E-state index is 6.97. The van der Waals surface area contributed by atoms with Crippen molar-refractivity contribution in [3.63, 3.8) is 0 Å². The summed E-state index contributed by atoms with van der Waals surface area (Å²) in [6, 6.07) is 135. The van der Waals surface area contributed by atoms with Crippen LogP contribution in [0, 0.1) is 0 Å². The van der Waals surface area contributed by atoms with Gasteiger partial charge in [-0.2, -0.15) is 0 Å². The fourth-order valence-electron chi connectivity index (χ4n) is 18.9. The summed E-state index contributed by atoms with van der Waals surface area (Å²) in [6.45, 7) is 0. The minimum Gasteiger partial charge on any atom is -0.456 e. The van der Waals surface area contributed by atoms with Crippen LogP contribution in [0.5, 0.6) is 0 Å². The number of hydrogen-bond acceptors (Lipinski definition) is 3. The zero-order valence-electron chi connectivity index (χ0n) is 58.9. The molecule has 0 aliphatic carbocycles. The van der Waals surface area contributed by atoms with Gasteiger partial charge in [-0.1, -0.05) is 291 Å². The first kappa shape index (κ1) is 59.9. The van der Waals surface area contributed by atoms with Gasteiger partial charge in [0.05, 0.1) is 0 Å². The predicted molar refractivity (Wildman–Crippen MR) is 461 cm³/mol. The van der Waals surface area contributed by atoms with Crippen LogP contribution in [0.25, 0.3) is 251 Å². The zero-order valence-corrected chi connectivity index (χ0v) is 58.9. The van der Waals surface area contributed by atoms with Crippen LogP contribution in [-0.2, 0) is 0 Å². The van der Waals surface area contributed by atoms with Gasteiger partial charge in [0.1, 0.15) is 33.5 Å². The number of hydrogen-bond donors (Lipinski definition) is 0. The van der Waals surface area contributed by atoms with E-state index in [2.05, 4.69) is 364 Å². The molecule has 24 aromatic rings. The second-order valence-electron chi connectivity index (χ2n) is 29.5. The third-order valence-corrected chi connectivity index (χ3v) is 23.7. The average Bonchev–Trinajstić information content (AvgIpc) is 1.27. The van der Waals surface area contributed by atoms with Crippen LogP contribution in [-0.4, -0.2) is 0 Å². The lowest BCUT2D eigenvalue weighted by Crippen LogP contribution is -1.93. The molecule has 0 aliphatic rings. The molecule has 0 saturated carbocycles. The van der Waals surface area contributed by atoms with Crippen LogP contribution >= 0.6 is 0 Å². The molecule has 3 heterocycles. The largest absolute Gasteiger partial charge is 0.456 e. The van der Waals surface area contributed by atoms with Crippen molar-refractivity contribution in [1.82, 2.24) is 0 Å². The maximum Gasteiger partial charge on any atom is 0.143 e. The van der Waals surface area contributed by atoms with E-state index in [1.807, 2.05) is 0 Å². The molecule has 0 unspecified atom stereocenters. The molecule has 21 aromatic carbocycles. The first-order chi connectivity index (χ1) is 54.0. The molecular weight excluding hydrogens is 1320 g/mol. The Morgan fingerprint density at radius 1 is 0.138 bits per heavy atom. The van der Waals surface area contributed by atoms with Crippen LogP contribution in [0.2, 0.25) is 0 Å². The summed E-state index contributed by atoms with van der Waals surface area (Å²) in [4.78, 5) is 0. The molecule has 109 heavy (non-hydrogen) atoms. The maximum atomic E-state index is 6.97. The van der Waals surface area contributed by atoms with Crippen molar-refractivity contribution in [1.29, 1.82) is 0 Å². The van der Waals surface area contributed by atoms with Crippen LogP contribution in [0.1, 0.15) is 0 Å². The zero-order chi connectivity index (χ0) is 71.1. The Morgan fingerprint density at radius 2 is 0.560 bits per heavy atom. The van der Waals surface area contributed by atoms with Gasteiger partial charge < -0.3 is 13.3 Å². The van der Waals surface area contributed by atoms with E-state index < -0.39 is 0 Å². The highest BCUT2D eigenvalue weighted by molar-refractivity contribution is 6.30. The smallest absolute Gasteiger partial charge is 0.143 e. The van der Waals surface area contributed by atoms with Gasteiger partial charge in [-0.05, 0) is 248 Å². The molecule has 0 atom stereocenters. The summed E-state index contributed by atoms with van der Waals surface area (Å²) in [5.41, 5.74) is 21.7. The van der Waals surface area contributed by atoms with Crippen molar-refractivity contribution in [2.75, 3.05) is 0 Å². The third kappa shape index (κ3) is 8.93. The minimum absolute atomic E-state index is 0.850. The van der Waals surface area contributed by atoms with E-state index in [1.54, 1.807) is 0 Å². The molecule has 502 valence electrons. The Labute approximate surface area is 624 Å². The van der Waals surface area contributed by atoms with Crippen LogP contribution in [0.4, 0.5) is 0 Å². The van der Waals surface area contributed by atoms with Crippen LogP contribution in [0.3, 0.4) is 0 Å². The highest BCUT2D eigenvalue weighted by Gasteiger charge is 2.25. The van der Waals surface area contributed by atoms with Crippen molar-refractivity contribution in [2.45, 2.75) is 0 Å². The van der Waals surface area contributed by atoms with Crippen molar-refractivity contribution >= 4 is 174 Å². The van der Waals surface area contributed by atoms with Gasteiger partial charge in [0.15, 0.2) is 0 Å². The lowest BCUT2D eigenvalue weighted by atomic mass is 9.83. The molecule has 0 saturated heterocycles. The molecule has 3 aromatic heterocycles. The minimum atomic E-state index is 0.850. The van der Waals surface area contributed by atoms with Crippen molar-refractivity contribution < 1.29 is 13.3 Å². The van der Waals surface area contributed by atoms with E-state index in [-0.39, 0.29) is 0 Å². The van der Waals surface area contributed by atoms with Crippen molar-refractivity contribution in [3.8, 4) is 77.9 Å². The summed E-state index contributed by atoms with van der Waals surface area (Å²) in [5, 5.41) is 30.4. The fraction of sp³-hybridized carbons (Fsp3) is 0. The molecule has 3 nitrogen and oxygen atoms in total. The second-order valence-corrected chi connectivity index (χ2v) is 29.5.